The topological polar surface area (TPSA) is 84.2 Å². The monoisotopic (exact) mass is 301 g/mol. The van der Waals surface area contributed by atoms with E-state index in [4.69, 9.17) is 5.73 Å². The van der Waals surface area contributed by atoms with Gasteiger partial charge in [0, 0.05) is 17.8 Å². The van der Waals surface area contributed by atoms with Crippen molar-refractivity contribution in [3.63, 3.8) is 0 Å². The SMILES string of the molecule is NC(=O)c1cccc(NCC(=O)NCCC2=CCCCC2)c1. The van der Waals surface area contributed by atoms with E-state index in [1.165, 1.54) is 24.8 Å². The van der Waals surface area contributed by atoms with Gasteiger partial charge in [-0.05, 0) is 50.3 Å². The number of benzene rings is 1. The molecule has 0 unspecified atom stereocenters. The molecule has 118 valence electrons. The third-order valence-electron chi connectivity index (χ3n) is 3.75. The second-order valence-electron chi connectivity index (χ2n) is 5.51. The van der Waals surface area contributed by atoms with Crippen molar-refractivity contribution >= 4 is 17.5 Å². The molecule has 0 saturated carbocycles. The molecule has 0 atom stereocenters. The maximum atomic E-state index is 11.8. The Labute approximate surface area is 131 Å². The molecule has 0 aliphatic heterocycles. The van der Waals surface area contributed by atoms with Gasteiger partial charge < -0.3 is 16.4 Å². The molecule has 0 heterocycles. The number of hydrogen-bond acceptors (Lipinski definition) is 3. The van der Waals surface area contributed by atoms with E-state index < -0.39 is 5.91 Å². The lowest BCUT2D eigenvalue weighted by atomic mass is 9.97. The maximum absolute atomic E-state index is 11.8. The number of primary amides is 1. The molecule has 1 aliphatic rings. The predicted octanol–water partition coefficient (Wildman–Crippen LogP) is 2.20. The van der Waals surface area contributed by atoms with Crippen LogP contribution in [0, 0.1) is 0 Å². The Balaban J connectivity index is 1.70. The van der Waals surface area contributed by atoms with Crippen molar-refractivity contribution in [3.8, 4) is 0 Å². The number of rotatable bonds is 7. The van der Waals surface area contributed by atoms with Crippen LogP contribution in [0.15, 0.2) is 35.9 Å². The molecule has 0 bridgehead atoms. The van der Waals surface area contributed by atoms with Gasteiger partial charge >= 0.3 is 0 Å². The van der Waals surface area contributed by atoms with Crippen molar-refractivity contribution in [1.82, 2.24) is 5.32 Å². The summed E-state index contributed by atoms with van der Waals surface area (Å²) in [4.78, 5) is 22.9. The number of carbonyl (C=O) groups excluding carboxylic acids is 2. The number of hydrogen-bond donors (Lipinski definition) is 3. The lowest BCUT2D eigenvalue weighted by Crippen LogP contribution is -2.30. The number of amides is 2. The Morgan fingerprint density at radius 3 is 2.82 bits per heavy atom. The number of anilines is 1. The zero-order valence-electron chi connectivity index (χ0n) is 12.7. The molecular formula is C17H23N3O2. The third kappa shape index (κ3) is 5.24. The summed E-state index contributed by atoms with van der Waals surface area (Å²) in [5.74, 6) is -0.533. The standard InChI is InChI=1S/C17H23N3O2/c18-17(22)14-7-4-8-15(11-14)20-12-16(21)19-10-9-13-5-2-1-3-6-13/h4-5,7-8,11,20H,1-3,6,9-10,12H2,(H2,18,22)(H,19,21). The van der Waals surface area contributed by atoms with Crippen LogP contribution in [0.2, 0.25) is 0 Å². The molecule has 0 saturated heterocycles. The average molecular weight is 301 g/mol. The van der Waals surface area contributed by atoms with E-state index >= 15 is 0 Å². The summed E-state index contributed by atoms with van der Waals surface area (Å²) in [5, 5.41) is 5.90. The minimum Gasteiger partial charge on any atom is -0.376 e. The Bertz CT molecular complexity index is 567. The van der Waals surface area contributed by atoms with E-state index in [0.29, 0.717) is 17.8 Å². The molecule has 2 rings (SSSR count). The highest BCUT2D eigenvalue weighted by Gasteiger charge is 2.06. The lowest BCUT2D eigenvalue weighted by molar-refractivity contribution is -0.119. The lowest BCUT2D eigenvalue weighted by Gasteiger charge is -2.13. The van der Waals surface area contributed by atoms with Gasteiger partial charge in [0.05, 0.1) is 6.54 Å². The molecule has 5 nitrogen and oxygen atoms in total. The van der Waals surface area contributed by atoms with E-state index in [2.05, 4.69) is 16.7 Å². The molecular weight excluding hydrogens is 278 g/mol. The summed E-state index contributed by atoms with van der Waals surface area (Å²) in [6.07, 6.45) is 8.10. The zero-order chi connectivity index (χ0) is 15.8. The average Bonchev–Trinajstić information content (AvgIpc) is 2.54. The van der Waals surface area contributed by atoms with Gasteiger partial charge in [-0.1, -0.05) is 17.7 Å². The quantitative estimate of drug-likeness (QED) is 0.675. The van der Waals surface area contributed by atoms with Gasteiger partial charge in [-0.2, -0.15) is 0 Å². The van der Waals surface area contributed by atoms with Crippen LogP contribution in [-0.4, -0.2) is 24.9 Å². The van der Waals surface area contributed by atoms with Crippen LogP contribution in [0.3, 0.4) is 0 Å². The fraction of sp³-hybridized carbons (Fsp3) is 0.412. The van der Waals surface area contributed by atoms with Crippen molar-refractivity contribution in [2.45, 2.75) is 32.1 Å². The Morgan fingerprint density at radius 2 is 2.09 bits per heavy atom. The molecule has 0 aromatic heterocycles. The van der Waals surface area contributed by atoms with E-state index in [1.807, 2.05) is 0 Å². The van der Waals surface area contributed by atoms with Crippen molar-refractivity contribution in [3.05, 3.63) is 41.5 Å². The molecule has 1 aromatic carbocycles. The minimum atomic E-state index is -0.478. The van der Waals surface area contributed by atoms with Crippen molar-refractivity contribution in [2.24, 2.45) is 5.73 Å². The van der Waals surface area contributed by atoms with Crippen LogP contribution >= 0.6 is 0 Å². The molecule has 4 N–H and O–H groups in total. The van der Waals surface area contributed by atoms with E-state index in [0.717, 1.165) is 12.8 Å². The highest BCUT2D eigenvalue weighted by molar-refractivity contribution is 5.93. The predicted molar refractivity (Wildman–Crippen MR) is 87.6 cm³/mol. The molecule has 0 spiro atoms. The molecule has 1 aromatic rings. The number of nitrogens with one attached hydrogen (secondary N) is 2. The summed E-state index contributed by atoms with van der Waals surface area (Å²) in [6, 6.07) is 6.82. The summed E-state index contributed by atoms with van der Waals surface area (Å²) >= 11 is 0. The first kappa shape index (κ1) is 16.1. The highest BCUT2D eigenvalue weighted by Crippen LogP contribution is 2.19. The van der Waals surface area contributed by atoms with Gasteiger partial charge in [0.15, 0.2) is 0 Å². The molecule has 2 amide bonds. The number of carbonyl (C=O) groups is 2. The third-order valence-corrected chi connectivity index (χ3v) is 3.75. The van der Waals surface area contributed by atoms with Gasteiger partial charge in [-0.25, -0.2) is 0 Å². The maximum Gasteiger partial charge on any atom is 0.248 e. The van der Waals surface area contributed by atoms with Crippen LogP contribution in [0.1, 0.15) is 42.5 Å². The fourth-order valence-electron chi connectivity index (χ4n) is 2.52. The largest absolute Gasteiger partial charge is 0.376 e. The van der Waals surface area contributed by atoms with E-state index in [1.54, 1.807) is 24.3 Å². The fourth-order valence-corrected chi connectivity index (χ4v) is 2.52. The first-order chi connectivity index (χ1) is 10.6. The summed E-state index contributed by atoms with van der Waals surface area (Å²) in [6.45, 7) is 0.856. The number of nitrogens with two attached hydrogens (primary N) is 1. The van der Waals surface area contributed by atoms with Crippen molar-refractivity contribution < 1.29 is 9.59 Å². The summed E-state index contributed by atoms with van der Waals surface area (Å²) < 4.78 is 0. The van der Waals surface area contributed by atoms with Crippen molar-refractivity contribution in [1.29, 1.82) is 0 Å². The van der Waals surface area contributed by atoms with E-state index in [-0.39, 0.29) is 12.5 Å². The van der Waals surface area contributed by atoms with Gasteiger partial charge in [0.2, 0.25) is 11.8 Å². The molecule has 0 fully saturated rings. The van der Waals surface area contributed by atoms with Crippen LogP contribution in [0.5, 0.6) is 0 Å². The number of allylic oxidation sites excluding steroid dienone is 1. The second-order valence-corrected chi connectivity index (χ2v) is 5.51. The summed E-state index contributed by atoms with van der Waals surface area (Å²) in [5.41, 5.74) is 7.81. The molecule has 1 aliphatic carbocycles. The normalized spacial score (nSPS) is 14.1. The molecule has 22 heavy (non-hydrogen) atoms. The minimum absolute atomic E-state index is 0.0547. The van der Waals surface area contributed by atoms with Gasteiger partial charge in [-0.3, -0.25) is 9.59 Å². The highest BCUT2D eigenvalue weighted by atomic mass is 16.2. The van der Waals surface area contributed by atoms with Crippen LogP contribution in [-0.2, 0) is 4.79 Å². The second kappa shape index (κ2) is 8.22. The van der Waals surface area contributed by atoms with Crippen molar-refractivity contribution in [2.75, 3.05) is 18.4 Å². The van der Waals surface area contributed by atoms with Crippen LogP contribution < -0.4 is 16.4 Å². The van der Waals surface area contributed by atoms with Gasteiger partial charge in [0.1, 0.15) is 0 Å². The van der Waals surface area contributed by atoms with Gasteiger partial charge in [0.25, 0.3) is 0 Å². The molecule has 0 radical (unpaired) electrons. The van der Waals surface area contributed by atoms with Crippen LogP contribution in [0.4, 0.5) is 5.69 Å². The first-order valence-corrected chi connectivity index (χ1v) is 7.73. The Morgan fingerprint density at radius 1 is 1.23 bits per heavy atom. The van der Waals surface area contributed by atoms with Crippen LogP contribution in [0.25, 0.3) is 0 Å². The Hall–Kier alpha value is -2.30. The smallest absolute Gasteiger partial charge is 0.248 e. The molecule has 5 heteroatoms. The Kier molecular flexibility index (Phi) is 6.01. The van der Waals surface area contributed by atoms with Gasteiger partial charge in [-0.15, -0.1) is 0 Å². The first-order valence-electron chi connectivity index (χ1n) is 7.73. The zero-order valence-corrected chi connectivity index (χ0v) is 12.7. The van der Waals surface area contributed by atoms with E-state index in [9.17, 15) is 9.59 Å². The summed E-state index contributed by atoms with van der Waals surface area (Å²) in [7, 11) is 0.